The lowest BCUT2D eigenvalue weighted by Gasteiger charge is -2.38. The molecule has 1 heterocycles. The van der Waals surface area contributed by atoms with E-state index in [0.29, 0.717) is 0 Å². The van der Waals surface area contributed by atoms with Crippen molar-refractivity contribution < 1.29 is 24.8 Å². The Hall–Kier alpha value is -0.890. The van der Waals surface area contributed by atoms with Gasteiger partial charge in [0, 0.05) is 11.5 Å². The number of aliphatic hydroxyl groups excluding tert-OH is 3. The minimum atomic E-state index is -1.32. The summed E-state index contributed by atoms with van der Waals surface area (Å²) in [5, 5.41) is 31.6. The second kappa shape index (κ2) is 6.00. The van der Waals surface area contributed by atoms with Crippen molar-refractivity contribution in [3.8, 4) is 0 Å². The lowest BCUT2D eigenvalue weighted by atomic mass is 10.0. The average Bonchev–Trinajstić information content (AvgIpc) is 2.28. The van der Waals surface area contributed by atoms with Crippen LogP contribution in [0.1, 0.15) is 6.92 Å². The summed E-state index contributed by atoms with van der Waals surface area (Å²) in [5.41, 5.74) is 8.02. The summed E-state index contributed by atoms with van der Waals surface area (Å²) in [6.45, 7) is 1.74. The van der Waals surface area contributed by atoms with E-state index in [1.54, 1.807) is 6.92 Å². The molecule has 1 aliphatic rings. The standard InChI is InChI=1S/C8H15N3O5/c1-4-5(12)6(13)7(14)8(16-4)15-3-2-10-11-9/h4-8,12-14H,2-3H2,1H3/t4-,5+,6+,7+,8-/m1/s1. The van der Waals surface area contributed by atoms with Crippen LogP contribution >= 0.6 is 0 Å². The van der Waals surface area contributed by atoms with Crippen molar-refractivity contribution in [2.45, 2.75) is 37.6 Å². The zero-order valence-electron chi connectivity index (χ0n) is 8.80. The molecule has 8 heteroatoms. The van der Waals surface area contributed by atoms with Gasteiger partial charge in [0.05, 0.1) is 12.7 Å². The fraction of sp³-hybridized carbons (Fsp3) is 1.00. The highest BCUT2D eigenvalue weighted by molar-refractivity contribution is 4.87. The number of azide groups is 1. The SMILES string of the molecule is C[C@H]1O[C@@H](OCCN=[N+]=[N-])[C@@H](O)[C@@H](O)[C@H]1O. The summed E-state index contributed by atoms with van der Waals surface area (Å²) in [6.07, 6.45) is -5.44. The van der Waals surface area contributed by atoms with Crippen LogP contribution in [-0.4, -0.2) is 59.2 Å². The highest BCUT2D eigenvalue weighted by atomic mass is 16.7. The lowest BCUT2D eigenvalue weighted by Crippen LogP contribution is -2.57. The molecule has 0 aromatic carbocycles. The van der Waals surface area contributed by atoms with Gasteiger partial charge in [-0.2, -0.15) is 0 Å². The minimum Gasteiger partial charge on any atom is -0.388 e. The predicted molar refractivity (Wildman–Crippen MR) is 52.3 cm³/mol. The van der Waals surface area contributed by atoms with Gasteiger partial charge >= 0.3 is 0 Å². The Bertz CT molecular complexity index is 270. The van der Waals surface area contributed by atoms with Crippen LogP contribution in [0.2, 0.25) is 0 Å². The highest BCUT2D eigenvalue weighted by Gasteiger charge is 2.42. The Morgan fingerprint density at radius 1 is 1.31 bits per heavy atom. The van der Waals surface area contributed by atoms with Crippen LogP contribution in [0.5, 0.6) is 0 Å². The Morgan fingerprint density at radius 3 is 2.62 bits per heavy atom. The summed E-state index contributed by atoms with van der Waals surface area (Å²) in [6, 6.07) is 0. The number of hydrogen-bond acceptors (Lipinski definition) is 6. The van der Waals surface area contributed by atoms with Crippen LogP contribution < -0.4 is 0 Å². The molecule has 0 radical (unpaired) electrons. The van der Waals surface area contributed by atoms with Crippen LogP contribution in [0, 0.1) is 0 Å². The van der Waals surface area contributed by atoms with Crippen LogP contribution in [-0.2, 0) is 9.47 Å². The topological polar surface area (TPSA) is 128 Å². The number of ether oxygens (including phenoxy) is 2. The third-order valence-electron chi connectivity index (χ3n) is 2.35. The van der Waals surface area contributed by atoms with Gasteiger partial charge in [-0.25, -0.2) is 0 Å². The summed E-state index contributed by atoms with van der Waals surface area (Å²) in [7, 11) is 0. The first-order valence-corrected chi connectivity index (χ1v) is 4.90. The smallest absolute Gasteiger partial charge is 0.186 e. The number of hydrogen-bond donors (Lipinski definition) is 3. The minimum absolute atomic E-state index is 0.0708. The van der Waals surface area contributed by atoms with Gasteiger partial charge in [-0.1, -0.05) is 5.11 Å². The van der Waals surface area contributed by atoms with Gasteiger partial charge in [0.1, 0.15) is 18.3 Å². The summed E-state index contributed by atoms with van der Waals surface area (Å²) < 4.78 is 10.2. The molecule has 0 saturated carbocycles. The molecule has 0 amide bonds. The van der Waals surface area contributed by atoms with E-state index >= 15 is 0 Å². The van der Waals surface area contributed by atoms with E-state index in [1.165, 1.54) is 0 Å². The number of nitrogens with zero attached hydrogens (tertiary/aromatic N) is 3. The van der Waals surface area contributed by atoms with E-state index in [0.717, 1.165) is 0 Å². The fourth-order valence-electron chi connectivity index (χ4n) is 1.41. The maximum absolute atomic E-state index is 9.52. The van der Waals surface area contributed by atoms with E-state index in [2.05, 4.69) is 10.0 Å². The van der Waals surface area contributed by atoms with Crippen molar-refractivity contribution in [1.82, 2.24) is 0 Å². The third kappa shape index (κ3) is 3.05. The largest absolute Gasteiger partial charge is 0.388 e. The molecule has 16 heavy (non-hydrogen) atoms. The van der Waals surface area contributed by atoms with Crippen LogP contribution in [0.3, 0.4) is 0 Å². The molecule has 1 rings (SSSR count). The molecule has 92 valence electrons. The molecule has 3 N–H and O–H groups in total. The van der Waals surface area contributed by atoms with Crippen molar-refractivity contribution in [2.75, 3.05) is 13.2 Å². The highest BCUT2D eigenvalue weighted by Crippen LogP contribution is 2.21. The van der Waals surface area contributed by atoms with Gasteiger partial charge in [0.2, 0.25) is 0 Å². The first-order valence-electron chi connectivity index (χ1n) is 4.90. The van der Waals surface area contributed by atoms with Crippen LogP contribution in [0.15, 0.2) is 5.11 Å². The Balaban J connectivity index is 2.44. The Labute approximate surface area is 92.0 Å². The normalized spacial score (nSPS) is 39.1. The molecule has 0 aromatic rings. The zero-order chi connectivity index (χ0) is 12.1. The van der Waals surface area contributed by atoms with Crippen molar-refractivity contribution >= 4 is 0 Å². The second-order valence-corrected chi connectivity index (χ2v) is 3.51. The quantitative estimate of drug-likeness (QED) is 0.252. The molecule has 1 saturated heterocycles. The molecule has 0 bridgehead atoms. The molecule has 1 aliphatic heterocycles. The molecule has 8 nitrogen and oxygen atoms in total. The van der Waals surface area contributed by atoms with E-state index in [9.17, 15) is 15.3 Å². The van der Waals surface area contributed by atoms with E-state index in [-0.39, 0.29) is 13.2 Å². The molecular weight excluding hydrogens is 218 g/mol. The third-order valence-corrected chi connectivity index (χ3v) is 2.35. The van der Waals surface area contributed by atoms with Gasteiger partial charge in [-0.3, -0.25) is 0 Å². The molecule has 0 aliphatic carbocycles. The molecular formula is C8H15N3O5. The monoisotopic (exact) mass is 233 g/mol. The maximum Gasteiger partial charge on any atom is 0.186 e. The Morgan fingerprint density at radius 2 is 2.00 bits per heavy atom. The molecule has 0 unspecified atom stereocenters. The van der Waals surface area contributed by atoms with E-state index < -0.39 is 30.7 Å². The first kappa shape index (κ1) is 13.2. The van der Waals surface area contributed by atoms with Crippen molar-refractivity contribution in [1.29, 1.82) is 0 Å². The molecule has 0 spiro atoms. The first-order chi connectivity index (χ1) is 7.57. The number of rotatable bonds is 4. The van der Waals surface area contributed by atoms with Crippen LogP contribution in [0.4, 0.5) is 0 Å². The molecule has 5 atom stereocenters. The Kier molecular flexibility index (Phi) is 4.94. The molecule has 1 fully saturated rings. The van der Waals surface area contributed by atoms with Gasteiger partial charge < -0.3 is 24.8 Å². The summed E-state index contributed by atoms with van der Waals surface area (Å²) in [4.78, 5) is 2.53. The summed E-state index contributed by atoms with van der Waals surface area (Å²) in [5.74, 6) is 0. The predicted octanol–water partition coefficient (Wildman–Crippen LogP) is -0.859. The van der Waals surface area contributed by atoms with Crippen molar-refractivity contribution in [2.24, 2.45) is 5.11 Å². The van der Waals surface area contributed by atoms with Crippen molar-refractivity contribution in [3.63, 3.8) is 0 Å². The summed E-state index contributed by atoms with van der Waals surface area (Å²) >= 11 is 0. The van der Waals surface area contributed by atoms with Gasteiger partial charge in [0.15, 0.2) is 6.29 Å². The maximum atomic E-state index is 9.52. The molecule has 0 aromatic heterocycles. The zero-order valence-corrected chi connectivity index (χ0v) is 8.80. The average molecular weight is 233 g/mol. The van der Waals surface area contributed by atoms with Crippen molar-refractivity contribution in [3.05, 3.63) is 10.4 Å². The van der Waals surface area contributed by atoms with Gasteiger partial charge in [-0.15, -0.1) is 0 Å². The number of aliphatic hydroxyl groups is 3. The lowest BCUT2D eigenvalue weighted by molar-refractivity contribution is -0.292. The van der Waals surface area contributed by atoms with Gasteiger partial charge in [-0.05, 0) is 12.5 Å². The van der Waals surface area contributed by atoms with E-state index in [1.807, 2.05) is 0 Å². The van der Waals surface area contributed by atoms with E-state index in [4.69, 9.17) is 15.0 Å². The fourth-order valence-corrected chi connectivity index (χ4v) is 1.41. The van der Waals surface area contributed by atoms with Gasteiger partial charge in [0.25, 0.3) is 0 Å². The van der Waals surface area contributed by atoms with Crippen LogP contribution in [0.25, 0.3) is 10.4 Å². The second-order valence-electron chi connectivity index (χ2n) is 3.51.